The Morgan fingerprint density at radius 3 is 2.79 bits per heavy atom. The van der Waals surface area contributed by atoms with Crippen LogP contribution in [-0.4, -0.2) is 35.7 Å². The van der Waals surface area contributed by atoms with Gasteiger partial charge in [-0.3, -0.25) is 4.79 Å². The van der Waals surface area contributed by atoms with Crippen LogP contribution < -0.4 is 10.6 Å². The number of carbonyl (C=O) groups excluding carboxylic acids is 1. The van der Waals surface area contributed by atoms with Gasteiger partial charge in [-0.25, -0.2) is 0 Å². The molecule has 4 nitrogen and oxygen atoms in total. The molecule has 0 spiro atoms. The van der Waals surface area contributed by atoms with Crippen molar-refractivity contribution in [3.8, 4) is 0 Å². The summed E-state index contributed by atoms with van der Waals surface area (Å²) in [6.07, 6.45) is 0.833. The van der Waals surface area contributed by atoms with Crippen LogP contribution in [0.1, 0.15) is 18.9 Å². The van der Waals surface area contributed by atoms with E-state index < -0.39 is 6.10 Å². The fourth-order valence-corrected chi connectivity index (χ4v) is 2.41. The van der Waals surface area contributed by atoms with Crippen LogP contribution in [0.5, 0.6) is 0 Å². The molecular formula is C14H19ClN2O2. The van der Waals surface area contributed by atoms with Crippen molar-refractivity contribution < 1.29 is 9.90 Å². The summed E-state index contributed by atoms with van der Waals surface area (Å²) in [6, 6.07) is 7.39. The average Bonchev–Trinajstić information content (AvgIpc) is 2.79. The van der Waals surface area contributed by atoms with Crippen LogP contribution in [0.25, 0.3) is 0 Å². The monoisotopic (exact) mass is 282 g/mol. The molecule has 5 heteroatoms. The van der Waals surface area contributed by atoms with E-state index in [2.05, 4.69) is 10.6 Å². The van der Waals surface area contributed by atoms with E-state index in [0.717, 1.165) is 12.0 Å². The number of nitrogens with one attached hydrogen (secondary N) is 2. The Kier molecular flexibility index (Phi) is 4.80. The van der Waals surface area contributed by atoms with E-state index in [1.54, 1.807) is 0 Å². The molecule has 1 amide bonds. The highest BCUT2D eigenvalue weighted by atomic mass is 35.5. The third-order valence-corrected chi connectivity index (χ3v) is 3.52. The van der Waals surface area contributed by atoms with Crippen LogP contribution in [0, 0.1) is 0 Å². The third kappa shape index (κ3) is 4.20. The number of hydrogen-bond donors (Lipinski definition) is 3. The molecule has 0 radical (unpaired) electrons. The van der Waals surface area contributed by atoms with Gasteiger partial charge in [-0.05, 0) is 37.5 Å². The Labute approximate surface area is 118 Å². The molecule has 3 unspecified atom stereocenters. The number of aliphatic hydroxyl groups is 1. The highest BCUT2D eigenvalue weighted by Crippen LogP contribution is 2.11. The van der Waals surface area contributed by atoms with Gasteiger partial charge >= 0.3 is 0 Å². The van der Waals surface area contributed by atoms with Crippen molar-refractivity contribution in [2.75, 3.05) is 6.54 Å². The normalized spacial score (nSPS) is 24.2. The molecule has 3 atom stereocenters. The number of halogens is 1. The first-order valence-corrected chi connectivity index (χ1v) is 6.88. The van der Waals surface area contributed by atoms with E-state index in [4.69, 9.17) is 11.6 Å². The van der Waals surface area contributed by atoms with Crippen molar-refractivity contribution in [3.63, 3.8) is 0 Å². The second kappa shape index (κ2) is 6.37. The minimum absolute atomic E-state index is 0.0435. The van der Waals surface area contributed by atoms with Crippen molar-refractivity contribution in [2.45, 2.75) is 38.0 Å². The van der Waals surface area contributed by atoms with Gasteiger partial charge in [0, 0.05) is 17.6 Å². The molecule has 19 heavy (non-hydrogen) atoms. The fourth-order valence-electron chi connectivity index (χ4n) is 2.29. The lowest BCUT2D eigenvalue weighted by atomic mass is 10.1. The molecule has 0 saturated carbocycles. The molecule has 0 bridgehead atoms. The van der Waals surface area contributed by atoms with Crippen LogP contribution in [0.4, 0.5) is 0 Å². The maximum absolute atomic E-state index is 11.9. The van der Waals surface area contributed by atoms with E-state index in [1.165, 1.54) is 0 Å². The van der Waals surface area contributed by atoms with Gasteiger partial charge < -0.3 is 15.7 Å². The number of carbonyl (C=O) groups is 1. The molecule has 2 rings (SSSR count). The van der Waals surface area contributed by atoms with Gasteiger partial charge in [0.05, 0.1) is 12.1 Å². The average molecular weight is 283 g/mol. The molecule has 3 N–H and O–H groups in total. The van der Waals surface area contributed by atoms with Gasteiger partial charge in [-0.15, -0.1) is 0 Å². The molecule has 1 fully saturated rings. The number of β-amino-alcohol motifs (C(OH)–C–C–N with tert-alkyl or cyclic N) is 1. The second-order valence-corrected chi connectivity index (χ2v) is 5.53. The predicted octanol–water partition coefficient (Wildman–Crippen LogP) is 1.11. The minimum atomic E-state index is -0.415. The highest BCUT2D eigenvalue weighted by Gasteiger charge is 2.28. The van der Waals surface area contributed by atoms with E-state index >= 15 is 0 Å². The second-order valence-electron chi connectivity index (χ2n) is 5.09. The van der Waals surface area contributed by atoms with Crippen LogP contribution in [0.2, 0.25) is 5.02 Å². The molecule has 0 aromatic heterocycles. The molecule has 1 aromatic carbocycles. The van der Waals surface area contributed by atoms with Gasteiger partial charge in [0.2, 0.25) is 5.91 Å². The van der Waals surface area contributed by atoms with Crippen LogP contribution >= 0.6 is 11.6 Å². The summed E-state index contributed by atoms with van der Waals surface area (Å²) < 4.78 is 0. The number of amides is 1. The van der Waals surface area contributed by atoms with Crippen molar-refractivity contribution in [1.29, 1.82) is 0 Å². The zero-order valence-corrected chi connectivity index (χ0v) is 11.7. The molecule has 1 saturated heterocycles. The standard InChI is InChI=1S/C14H19ClN2O2/c1-9(6-10-2-4-11(15)5-3-10)17-14(19)13-7-12(18)8-16-13/h2-5,9,12-13,16,18H,6-8H2,1H3,(H,17,19). The molecule has 0 aliphatic carbocycles. The topological polar surface area (TPSA) is 61.4 Å². The van der Waals surface area contributed by atoms with Crippen molar-refractivity contribution in [3.05, 3.63) is 34.9 Å². The number of rotatable bonds is 4. The fraction of sp³-hybridized carbons (Fsp3) is 0.500. The van der Waals surface area contributed by atoms with Crippen molar-refractivity contribution in [2.24, 2.45) is 0 Å². The van der Waals surface area contributed by atoms with Crippen LogP contribution in [-0.2, 0) is 11.2 Å². The molecule has 104 valence electrons. The zero-order chi connectivity index (χ0) is 13.8. The third-order valence-electron chi connectivity index (χ3n) is 3.27. The Hall–Kier alpha value is -1.10. The lowest BCUT2D eigenvalue weighted by Crippen LogP contribution is -2.44. The van der Waals surface area contributed by atoms with E-state index in [1.807, 2.05) is 31.2 Å². The molecule has 1 aliphatic rings. The maximum Gasteiger partial charge on any atom is 0.237 e. The van der Waals surface area contributed by atoms with Crippen LogP contribution in [0.3, 0.4) is 0 Å². The summed E-state index contributed by atoms with van der Waals surface area (Å²) in [4.78, 5) is 11.9. The molecule has 1 heterocycles. The van der Waals surface area contributed by atoms with E-state index in [9.17, 15) is 9.90 Å². The SMILES string of the molecule is CC(Cc1ccc(Cl)cc1)NC(=O)C1CC(O)CN1. The van der Waals surface area contributed by atoms with Crippen LogP contribution in [0.15, 0.2) is 24.3 Å². The quantitative estimate of drug-likeness (QED) is 0.775. The van der Waals surface area contributed by atoms with E-state index in [-0.39, 0.29) is 18.0 Å². The predicted molar refractivity (Wildman–Crippen MR) is 75.2 cm³/mol. The number of benzene rings is 1. The first kappa shape index (κ1) is 14.3. The maximum atomic E-state index is 11.9. The Morgan fingerprint density at radius 1 is 1.53 bits per heavy atom. The summed E-state index contributed by atoms with van der Waals surface area (Å²) >= 11 is 5.83. The molecule has 1 aliphatic heterocycles. The Balaban J connectivity index is 1.82. The first-order valence-electron chi connectivity index (χ1n) is 6.51. The van der Waals surface area contributed by atoms with Gasteiger partial charge in [-0.2, -0.15) is 0 Å². The summed E-state index contributed by atoms with van der Waals surface area (Å²) in [5, 5.41) is 16.1. The first-order chi connectivity index (χ1) is 9.04. The lowest BCUT2D eigenvalue weighted by Gasteiger charge is -2.17. The number of hydrogen-bond acceptors (Lipinski definition) is 3. The summed E-state index contributed by atoms with van der Waals surface area (Å²) in [7, 11) is 0. The van der Waals surface area contributed by atoms with Gasteiger partial charge in [0.25, 0.3) is 0 Å². The number of aliphatic hydroxyl groups excluding tert-OH is 1. The van der Waals surface area contributed by atoms with Crippen molar-refractivity contribution >= 4 is 17.5 Å². The largest absolute Gasteiger partial charge is 0.392 e. The minimum Gasteiger partial charge on any atom is -0.392 e. The molecular weight excluding hydrogens is 264 g/mol. The van der Waals surface area contributed by atoms with Crippen molar-refractivity contribution in [1.82, 2.24) is 10.6 Å². The van der Waals surface area contributed by atoms with E-state index in [0.29, 0.717) is 18.0 Å². The van der Waals surface area contributed by atoms with Gasteiger partial charge in [0.15, 0.2) is 0 Å². The van der Waals surface area contributed by atoms with Gasteiger partial charge in [0.1, 0.15) is 0 Å². The molecule has 1 aromatic rings. The zero-order valence-electron chi connectivity index (χ0n) is 10.9. The summed E-state index contributed by atoms with van der Waals surface area (Å²) in [5.41, 5.74) is 1.14. The highest BCUT2D eigenvalue weighted by molar-refractivity contribution is 6.30. The lowest BCUT2D eigenvalue weighted by molar-refractivity contribution is -0.123. The Morgan fingerprint density at radius 2 is 2.21 bits per heavy atom. The smallest absolute Gasteiger partial charge is 0.237 e. The summed E-state index contributed by atoms with van der Waals surface area (Å²) in [6.45, 7) is 2.46. The Bertz CT molecular complexity index is 436. The van der Waals surface area contributed by atoms with Gasteiger partial charge in [-0.1, -0.05) is 23.7 Å². The summed E-state index contributed by atoms with van der Waals surface area (Å²) in [5.74, 6) is -0.0435.